The minimum atomic E-state index is -0.425. The van der Waals surface area contributed by atoms with Crippen molar-refractivity contribution in [1.82, 2.24) is 0 Å². The summed E-state index contributed by atoms with van der Waals surface area (Å²) in [7, 11) is 0. The predicted octanol–water partition coefficient (Wildman–Crippen LogP) is 9.19. The number of esters is 2. The molecule has 0 aliphatic rings. The van der Waals surface area contributed by atoms with E-state index in [9.17, 15) is 9.59 Å². The van der Waals surface area contributed by atoms with Gasteiger partial charge in [0.05, 0.1) is 0 Å². The van der Waals surface area contributed by atoms with Crippen molar-refractivity contribution in [3.05, 3.63) is 0 Å². The second-order valence-corrected chi connectivity index (χ2v) is 10.9. The van der Waals surface area contributed by atoms with Crippen molar-refractivity contribution in [2.45, 2.75) is 180 Å². The lowest BCUT2D eigenvalue weighted by Gasteiger charge is -2.17. The molecule has 0 aromatic heterocycles. The van der Waals surface area contributed by atoms with Gasteiger partial charge in [0.1, 0.15) is 12.7 Å². The molecule has 1 atom stereocenters. The van der Waals surface area contributed by atoms with E-state index in [4.69, 9.17) is 15.2 Å². The van der Waals surface area contributed by atoms with Gasteiger partial charge in [0.15, 0.2) is 0 Å². The Balaban J connectivity index is 3.68. The van der Waals surface area contributed by atoms with Crippen LogP contribution in [0.25, 0.3) is 0 Å². The first-order valence-electron chi connectivity index (χ1n) is 16.2. The van der Waals surface area contributed by atoms with Crippen molar-refractivity contribution in [3.63, 3.8) is 0 Å². The minimum absolute atomic E-state index is 0.123. The standard InChI is InChI=1S/C32H63NO4/c1-3-5-7-9-11-13-15-17-19-21-23-25-31(34)36-29-30(27-28-33)37-32(35)26-24-22-20-18-16-14-12-10-8-6-4-2/h30H,3-29,33H2,1-2H3. The Morgan fingerprint density at radius 1 is 0.541 bits per heavy atom. The molecule has 220 valence electrons. The van der Waals surface area contributed by atoms with Gasteiger partial charge in [-0.05, 0) is 19.4 Å². The van der Waals surface area contributed by atoms with E-state index >= 15 is 0 Å². The number of carbonyl (C=O) groups is 2. The maximum absolute atomic E-state index is 12.2. The summed E-state index contributed by atoms with van der Waals surface area (Å²) in [5, 5.41) is 0. The normalized spacial score (nSPS) is 12.0. The number of unbranched alkanes of at least 4 members (excludes halogenated alkanes) is 20. The fourth-order valence-electron chi connectivity index (χ4n) is 4.73. The molecular weight excluding hydrogens is 462 g/mol. The highest BCUT2D eigenvalue weighted by Crippen LogP contribution is 2.14. The summed E-state index contributed by atoms with van der Waals surface area (Å²) >= 11 is 0. The Labute approximate surface area is 230 Å². The molecule has 0 aliphatic heterocycles. The van der Waals surface area contributed by atoms with Gasteiger partial charge in [-0.25, -0.2) is 0 Å². The van der Waals surface area contributed by atoms with Crippen molar-refractivity contribution in [2.75, 3.05) is 13.2 Å². The third-order valence-corrected chi connectivity index (χ3v) is 7.19. The lowest BCUT2D eigenvalue weighted by atomic mass is 10.1. The molecule has 5 heteroatoms. The fraction of sp³-hybridized carbons (Fsp3) is 0.938. The molecule has 0 saturated carbocycles. The minimum Gasteiger partial charge on any atom is -0.462 e. The first-order valence-corrected chi connectivity index (χ1v) is 16.2. The quantitative estimate of drug-likeness (QED) is 0.0777. The summed E-state index contributed by atoms with van der Waals surface area (Å²) in [6.07, 6.45) is 28.6. The third-order valence-electron chi connectivity index (χ3n) is 7.19. The van der Waals surface area contributed by atoms with Crippen molar-refractivity contribution in [3.8, 4) is 0 Å². The van der Waals surface area contributed by atoms with Gasteiger partial charge < -0.3 is 15.2 Å². The molecule has 0 aliphatic carbocycles. The second kappa shape index (κ2) is 29.5. The van der Waals surface area contributed by atoms with Crippen molar-refractivity contribution < 1.29 is 19.1 Å². The number of ether oxygens (including phenoxy) is 2. The Bertz CT molecular complexity index is 497. The summed E-state index contributed by atoms with van der Waals surface area (Å²) in [5.41, 5.74) is 5.67. The predicted molar refractivity (Wildman–Crippen MR) is 157 cm³/mol. The first-order chi connectivity index (χ1) is 18.1. The second-order valence-electron chi connectivity index (χ2n) is 10.9. The van der Waals surface area contributed by atoms with Crippen molar-refractivity contribution in [2.24, 2.45) is 5.73 Å². The highest BCUT2D eigenvalue weighted by atomic mass is 16.6. The molecular formula is C32H63NO4. The van der Waals surface area contributed by atoms with E-state index in [2.05, 4.69) is 13.8 Å². The van der Waals surface area contributed by atoms with Crippen LogP contribution in [0, 0.1) is 0 Å². The lowest BCUT2D eigenvalue weighted by molar-refractivity contribution is -0.159. The van der Waals surface area contributed by atoms with Crippen LogP contribution in [0.15, 0.2) is 0 Å². The zero-order valence-electron chi connectivity index (χ0n) is 24.9. The first kappa shape index (κ1) is 35.9. The monoisotopic (exact) mass is 525 g/mol. The molecule has 0 aromatic carbocycles. The SMILES string of the molecule is CCCCCCCCCCCCCC(=O)OCC(CCN)OC(=O)CCCCCCCCCCCCC. The van der Waals surface area contributed by atoms with Crippen LogP contribution in [0.2, 0.25) is 0 Å². The van der Waals surface area contributed by atoms with Crippen LogP contribution >= 0.6 is 0 Å². The van der Waals surface area contributed by atoms with E-state index in [1.54, 1.807) is 0 Å². The number of hydrogen-bond acceptors (Lipinski definition) is 5. The average Bonchev–Trinajstić information content (AvgIpc) is 2.89. The molecule has 2 N–H and O–H groups in total. The van der Waals surface area contributed by atoms with E-state index in [-0.39, 0.29) is 18.5 Å². The fourth-order valence-corrected chi connectivity index (χ4v) is 4.73. The number of nitrogens with two attached hydrogens (primary N) is 1. The molecule has 1 unspecified atom stereocenters. The van der Waals surface area contributed by atoms with E-state index < -0.39 is 6.10 Å². The molecule has 0 fully saturated rings. The third kappa shape index (κ3) is 27.7. The number of hydrogen-bond donors (Lipinski definition) is 1. The van der Waals surface area contributed by atoms with Crippen LogP contribution in [0.1, 0.15) is 174 Å². The van der Waals surface area contributed by atoms with Crippen LogP contribution in [0.5, 0.6) is 0 Å². The molecule has 5 nitrogen and oxygen atoms in total. The van der Waals surface area contributed by atoms with E-state index in [1.807, 2.05) is 0 Å². The van der Waals surface area contributed by atoms with Gasteiger partial charge in [-0.1, -0.05) is 142 Å². The molecule has 0 bridgehead atoms. The Kier molecular flexibility index (Phi) is 28.6. The van der Waals surface area contributed by atoms with E-state index in [1.165, 1.54) is 116 Å². The molecule has 0 aromatic rings. The van der Waals surface area contributed by atoms with Gasteiger partial charge in [0.25, 0.3) is 0 Å². The van der Waals surface area contributed by atoms with Crippen molar-refractivity contribution in [1.29, 1.82) is 0 Å². The Hall–Kier alpha value is -1.10. The lowest BCUT2D eigenvalue weighted by Crippen LogP contribution is -2.27. The van der Waals surface area contributed by atoms with Crippen LogP contribution < -0.4 is 5.73 Å². The van der Waals surface area contributed by atoms with Gasteiger partial charge in [-0.2, -0.15) is 0 Å². The molecule has 0 spiro atoms. The summed E-state index contributed by atoms with van der Waals surface area (Å²) in [5.74, 6) is -0.393. The summed E-state index contributed by atoms with van der Waals surface area (Å²) in [6, 6.07) is 0. The van der Waals surface area contributed by atoms with Crippen LogP contribution in [-0.2, 0) is 19.1 Å². The smallest absolute Gasteiger partial charge is 0.306 e. The zero-order chi connectivity index (χ0) is 27.2. The number of rotatable bonds is 29. The summed E-state index contributed by atoms with van der Waals surface area (Å²) in [6.45, 7) is 5.04. The Morgan fingerprint density at radius 3 is 1.27 bits per heavy atom. The molecule has 37 heavy (non-hydrogen) atoms. The highest BCUT2D eigenvalue weighted by Gasteiger charge is 2.16. The molecule has 0 amide bonds. The summed E-state index contributed by atoms with van der Waals surface area (Å²) in [4.78, 5) is 24.3. The van der Waals surface area contributed by atoms with Crippen LogP contribution in [0.3, 0.4) is 0 Å². The van der Waals surface area contributed by atoms with Gasteiger partial charge >= 0.3 is 11.9 Å². The Morgan fingerprint density at radius 2 is 0.892 bits per heavy atom. The van der Waals surface area contributed by atoms with E-state index in [0.717, 1.165) is 25.7 Å². The maximum atomic E-state index is 12.2. The van der Waals surface area contributed by atoms with Gasteiger partial charge in [-0.15, -0.1) is 0 Å². The van der Waals surface area contributed by atoms with Crippen LogP contribution in [-0.4, -0.2) is 31.2 Å². The van der Waals surface area contributed by atoms with Gasteiger partial charge in [0, 0.05) is 19.3 Å². The average molecular weight is 526 g/mol. The van der Waals surface area contributed by atoms with Gasteiger partial charge in [-0.3, -0.25) is 9.59 Å². The van der Waals surface area contributed by atoms with Crippen LogP contribution in [0.4, 0.5) is 0 Å². The largest absolute Gasteiger partial charge is 0.462 e. The molecule has 0 heterocycles. The van der Waals surface area contributed by atoms with Crippen molar-refractivity contribution >= 4 is 11.9 Å². The molecule has 0 saturated heterocycles. The molecule has 0 radical (unpaired) electrons. The number of carbonyl (C=O) groups excluding carboxylic acids is 2. The highest BCUT2D eigenvalue weighted by molar-refractivity contribution is 5.70. The maximum Gasteiger partial charge on any atom is 0.306 e. The van der Waals surface area contributed by atoms with E-state index in [0.29, 0.717) is 25.8 Å². The molecule has 0 rings (SSSR count). The van der Waals surface area contributed by atoms with Gasteiger partial charge in [0.2, 0.25) is 0 Å². The summed E-state index contributed by atoms with van der Waals surface area (Å²) < 4.78 is 10.9. The zero-order valence-corrected chi connectivity index (χ0v) is 24.9. The topological polar surface area (TPSA) is 78.6 Å².